The van der Waals surface area contributed by atoms with Crippen LogP contribution in [0.15, 0.2) is 36.4 Å². The van der Waals surface area contributed by atoms with Gasteiger partial charge in [0.2, 0.25) is 0 Å². The number of nitrogens with zero attached hydrogens (tertiary/aromatic N) is 1. The summed E-state index contributed by atoms with van der Waals surface area (Å²) in [5, 5.41) is 20.6. The van der Waals surface area contributed by atoms with Crippen LogP contribution in [0.4, 0.5) is 5.69 Å². The molecule has 0 saturated carbocycles. The van der Waals surface area contributed by atoms with Gasteiger partial charge < -0.3 is 5.11 Å². The molecule has 0 aliphatic carbocycles. The summed E-state index contributed by atoms with van der Waals surface area (Å²) in [6.45, 7) is 5.37. The predicted octanol–water partition coefficient (Wildman–Crippen LogP) is 4.15. The van der Waals surface area contributed by atoms with Gasteiger partial charge in [0.25, 0.3) is 5.69 Å². The Kier molecular flexibility index (Phi) is 4.60. The molecule has 1 N–H and O–H groups in total. The molecule has 118 valence electrons. The maximum atomic E-state index is 11.7. The minimum atomic E-state index is -1.07. The van der Waals surface area contributed by atoms with Gasteiger partial charge in [0.15, 0.2) is 0 Å². The maximum Gasteiger partial charge on any atom is 0.336 e. The first-order valence-electron chi connectivity index (χ1n) is 7.07. The molecule has 0 atom stereocenters. The van der Waals surface area contributed by atoms with Crippen LogP contribution in [0.5, 0.6) is 0 Å². The highest BCUT2D eigenvalue weighted by atomic mass is 16.6. The van der Waals surface area contributed by atoms with Crippen molar-refractivity contribution in [2.45, 2.75) is 20.8 Å². The topological polar surface area (TPSA) is 80.4 Å². The van der Waals surface area contributed by atoms with E-state index in [-0.39, 0.29) is 11.3 Å². The first kappa shape index (κ1) is 16.4. The van der Waals surface area contributed by atoms with Crippen molar-refractivity contribution >= 4 is 23.3 Å². The SMILES string of the molecule is Cc1ccc(C)c(/C(=C/c2ccc(C)c([N+](=O)[O-])c2)C(=O)O)c1. The van der Waals surface area contributed by atoms with Gasteiger partial charge in [-0.05, 0) is 43.5 Å². The molecule has 5 nitrogen and oxygen atoms in total. The van der Waals surface area contributed by atoms with Crippen molar-refractivity contribution in [1.29, 1.82) is 0 Å². The molecule has 0 saturated heterocycles. The summed E-state index contributed by atoms with van der Waals surface area (Å²) < 4.78 is 0. The van der Waals surface area contributed by atoms with Crippen LogP contribution in [0.2, 0.25) is 0 Å². The largest absolute Gasteiger partial charge is 0.478 e. The third-order valence-electron chi connectivity index (χ3n) is 3.65. The van der Waals surface area contributed by atoms with Crippen LogP contribution in [-0.2, 0) is 4.79 Å². The molecule has 0 heterocycles. The van der Waals surface area contributed by atoms with Gasteiger partial charge >= 0.3 is 5.97 Å². The number of aliphatic carboxylic acids is 1. The molecule has 2 aromatic carbocycles. The molecule has 5 heteroatoms. The number of carboxylic acid groups (broad SMARTS) is 1. The lowest BCUT2D eigenvalue weighted by Gasteiger charge is -2.09. The Balaban J connectivity index is 2.60. The fourth-order valence-electron chi connectivity index (χ4n) is 2.36. The number of carboxylic acids is 1. The van der Waals surface area contributed by atoms with E-state index < -0.39 is 10.9 Å². The smallest absolute Gasteiger partial charge is 0.336 e. The van der Waals surface area contributed by atoms with Crippen LogP contribution in [0.1, 0.15) is 27.8 Å². The molecule has 0 aliphatic rings. The van der Waals surface area contributed by atoms with E-state index in [2.05, 4.69) is 0 Å². The van der Waals surface area contributed by atoms with E-state index in [1.807, 2.05) is 26.0 Å². The molecular formula is C18H17NO4. The molecule has 2 rings (SSSR count). The normalized spacial score (nSPS) is 11.3. The van der Waals surface area contributed by atoms with Gasteiger partial charge in [0.05, 0.1) is 10.5 Å². The van der Waals surface area contributed by atoms with Gasteiger partial charge in [-0.3, -0.25) is 10.1 Å². The molecule has 0 aliphatic heterocycles. The molecular weight excluding hydrogens is 294 g/mol. The van der Waals surface area contributed by atoms with Crippen LogP contribution >= 0.6 is 0 Å². The molecule has 0 unspecified atom stereocenters. The Morgan fingerprint density at radius 1 is 1.09 bits per heavy atom. The van der Waals surface area contributed by atoms with E-state index in [0.29, 0.717) is 16.7 Å². The number of aryl methyl sites for hydroxylation is 3. The standard InChI is InChI=1S/C18H17NO4/c1-11-4-5-12(2)15(8-11)16(18(20)21)9-14-7-6-13(3)17(10-14)19(22)23/h4-10H,1-3H3,(H,20,21)/b16-9-. The van der Waals surface area contributed by atoms with Crippen LogP contribution in [0, 0.1) is 30.9 Å². The predicted molar refractivity (Wildman–Crippen MR) is 89.3 cm³/mol. The Bertz CT molecular complexity index is 822. The minimum absolute atomic E-state index is 0.0237. The molecule has 0 aromatic heterocycles. The number of carbonyl (C=O) groups is 1. The van der Waals surface area contributed by atoms with E-state index in [4.69, 9.17) is 0 Å². The Hall–Kier alpha value is -2.95. The second-order valence-corrected chi connectivity index (χ2v) is 5.48. The van der Waals surface area contributed by atoms with E-state index in [9.17, 15) is 20.0 Å². The second-order valence-electron chi connectivity index (χ2n) is 5.48. The van der Waals surface area contributed by atoms with Crippen LogP contribution < -0.4 is 0 Å². The van der Waals surface area contributed by atoms with E-state index in [1.165, 1.54) is 12.1 Å². The van der Waals surface area contributed by atoms with Crippen molar-refractivity contribution in [3.05, 3.63) is 74.3 Å². The first-order chi connectivity index (χ1) is 10.8. The van der Waals surface area contributed by atoms with Crippen LogP contribution in [0.25, 0.3) is 11.6 Å². The van der Waals surface area contributed by atoms with Gasteiger partial charge in [-0.25, -0.2) is 4.79 Å². The van der Waals surface area contributed by atoms with Crippen LogP contribution in [-0.4, -0.2) is 16.0 Å². The fraction of sp³-hybridized carbons (Fsp3) is 0.167. The quantitative estimate of drug-likeness (QED) is 0.398. The maximum absolute atomic E-state index is 11.7. The van der Waals surface area contributed by atoms with E-state index in [1.54, 1.807) is 25.1 Å². The number of hydrogen-bond acceptors (Lipinski definition) is 3. The molecule has 0 radical (unpaired) electrons. The van der Waals surface area contributed by atoms with Crippen molar-refractivity contribution < 1.29 is 14.8 Å². The van der Waals surface area contributed by atoms with Crippen molar-refractivity contribution in [2.24, 2.45) is 0 Å². The molecule has 0 amide bonds. The summed E-state index contributed by atoms with van der Waals surface area (Å²) in [5.74, 6) is -1.07. The minimum Gasteiger partial charge on any atom is -0.478 e. The third kappa shape index (κ3) is 3.63. The number of hydrogen-bond donors (Lipinski definition) is 1. The van der Waals surface area contributed by atoms with Crippen LogP contribution in [0.3, 0.4) is 0 Å². The highest BCUT2D eigenvalue weighted by Gasteiger charge is 2.15. The van der Waals surface area contributed by atoms with Gasteiger partial charge in [0.1, 0.15) is 0 Å². The summed E-state index contributed by atoms with van der Waals surface area (Å²) in [5.41, 5.74) is 3.52. The molecule has 0 spiro atoms. The molecule has 0 bridgehead atoms. The van der Waals surface area contributed by atoms with Crippen molar-refractivity contribution in [2.75, 3.05) is 0 Å². The lowest BCUT2D eigenvalue weighted by molar-refractivity contribution is -0.385. The molecule has 2 aromatic rings. The zero-order valence-electron chi connectivity index (χ0n) is 13.2. The number of rotatable bonds is 4. The number of benzene rings is 2. The number of nitro benzene ring substituents is 1. The Morgan fingerprint density at radius 3 is 2.35 bits per heavy atom. The zero-order valence-corrected chi connectivity index (χ0v) is 13.2. The number of nitro groups is 1. The van der Waals surface area contributed by atoms with Gasteiger partial charge in [0, 0.05) is 11.6 Å². The fourth-order valence-corrected chi connectivity index (χ4v) is 2.36. The molecule has 23 heavy (non-hydrogen) atoms. The van der Waals surface area contributed by atoms with Gasteiger partial charge in [-0.15, -0.1) is 0 Å². The third-order valence-corrected chi connectivity index (χ3v) is 3.65. The summed E-state index contributed by atoms with van der Waals surface area (Å²) >= 11 is 0. The molecule has 0 fully saturated rings. The summed E-state index contributed by atoms with van der Waals surface area (Å²) in [6.07, 6.45) is 1.47. The van der Waals surface area contributed by atoms with Gasteiger partial charge in [-0.2, -0.15) is 0 Å². The van der Waals surface area contributed by atoms with Crippen molar-refractivity contribution in [3.8, 4) is 0 Å². The highest BCUT2D eigenvalue weighted by molar-refractivity contribution is 6.21. The first-order valence-corrected chi connectivity index (χ1v) is 7.07. The summed E-state index contributed by atoms with van der Waals surface area (Å²) in [7, 11) is 0. The van der Waals surface area contributed by atoms with E-state index >= 15 is 0 Å². The second kappa shape index (κ2) is 6.44. The summed E-state index contributed by atoms with van der Waals surface area (Å²) in [4.78, 5) is 22.2. The summed E-state index contributed by atoms with van der Waals surface area (Å²) in [6, 6.07) is 10.3. The van der Waals surface area contributed by atoms with Crippen molar-refractivity contribution in [3.63, 3.8) is 0 Å². The lowest BCUT2D eigenvalue weighted by atomic mass is 9.96. The monoisotopic (exact) mass is 311 g/mol. The van der Waals surface area contributed by atoms with Gasteiger partial charge in [-0.1, -0.05) is 35.9 Å². The average Bonchev–Trinajstić information content (AvgIpc) is 2.48. The Morgan fingerprint density at radius 2 is 1.74 bits per heavy atom. The van der Waals surface area contributed by atoms with Crippen molar-refractivity contribution in [1.82, 2.24) is 0 Å². The zero-order chi connectivity index (χ0) is 17.1. The van der Waals surface area contributed by atoms with E-state index in [0.717, 1.165) is 11.1 Å². The highest BCUT2D eigenvalue weighted by Crippen LogP contribution is 2.26. The Labute approximate surface area is 134 Å². The average molecular weight is 311 g/mol. The lowest BCUT2D eigenvalue weighted by Crippen LogP contribution is -2.02.